The van der Waals surface area contributed by atoms with Crippen LogP contribution in [0.4, 0.5) is 10.5 Å². The fraction of sp³-hybridized carbons (Fsp3) is 0.348. The number of carbonyl (C=O) groups excluding carboxylic acids is 3. The molecule has 0 bridgehead atoms. The minimum atomic E-state index is -0.875. The van der Waals surface area contributed by atoms with Gasteiger partial charge in [0.1, 0.15) is 11.6 Å². The van der Waals surface area contributed by atoms with Crippen LogP contribution in [0.5, 0.6) is 0 Å². The second kappa shape index (κ2) is 10.2. The monoisotopic (exact) mass is 464 g/mol. The van der Waals surface area contributed by atoms with Crippen molar-refractivity contribution in [3.63, 3.8) is 0 Å². The molecule has 0 aliphatic heterocycles. The topological polar surface area (TPSA) is 84.5 Å². The van der Waals surface area contributed by atoms with Crippen LogP contribution in [0.2, 0.25) is 10.0 Å². The van der Waals surface area contributed by atoms with Gasteiger partial charge in [-0.1, -0.05) is 49.2 Å². The lowest BCUT2D eigenvalue weighted by Crippen LogP contribution is -2.48. The van der Waals surface area contributed by atoms with Crippen LogP contribution in [0, 0.1) is 5.92 Å². The Kier molecular flexibility index (Phi) is 8.09. The highest BCUT2D eigenvalue weighted by Gasteiger charge is 2.28. The summed E-state index contributed by atoms with van der Waals surface area (Å²) >= 11 is 12.1. The Balaban J connectivity index is 2.29. The largest absolute Gasteiger partial charge is 0.444 e. The number of amides is 2. The van der Waals surface area contributed by atoms with E-state index in [-0.39, 0.29) is 23.0 Å². The summed E-state index contributed by atoms with van der Waals surface area (Å²) in [7, 11) is 0. The van der Waals surface area contributed by atoms with E-state index in [2.05, 4.69) is 10.6 Å². The molecule has 31 heavy (non-hydrogen) atoms. The van der Waals surface area contributed by atoms with E-state index in [0.29, 0.717) is 15.6 Å². The quantitative estimate of drug-likeness (QED) is 0.535. The number of ketones is 1. The van der Waals surface area contributed by atoms with Crippen molar-refractivity contribution in [2.75, 3.05) is 5.32 Å². The average molecular weight is 465 g/mol. The van der Waals surface area contributed by atoms with Crippen molar-refractivity contribution in [1.29, 1.82) is 0 Å². The number of hydrogen-bond acceptors (Lipinski definition) is 4. The molecule has 8 heteroatoms. The predicted octanol–water partition coefficient (Wildman–Crippen LogP) is 5.71. The summed E-state index contributed by atoms with van der Waals surface area (Å²) in [6, 6.07) is 10.2. The van der Waals surface area contributed by atoms with Gasteiger partial charge in [-0.25, -0.2) is 4.79 Å². The van der Waals surface area contributed by atoms with Gasteiger partial charge in [-0.3, -0.25) is 9.59 Å². The maximum absolute atomic E-state index is 13.0. The molecule has 0 saturated carbocycles. The SMILES string of the molecule is CC(C)C(NC(=O)OC(C)(C)C)C(=O)Nc1ccc(Cl)cc1C(=O)c1cccc(Cl)c1. The second-order valence-corrected chi connectivity index (χ2v) is 9.26. The van der Waals surface area contributed by atoms with E-state index in [1.807, 2.05) is 0 Å². The summed E-state index contributed by atoms with van der Waals surface area (Å²) in [6.07, 6.45) is -0.701. The Morgan fingerprint density at radius 2 is 1.61 bits per heavy atom. The summed E-state index contributed by atoms with van der Waals surface area (Å²) in [4.78, 5) is 38.2. The third kappa shape index (κ3) is 7.26. The van der Waals surface area contributed by atoms with Crippen LogP contribution in [0.15, 0.2) is 42.5 Å². The van der Waals surface area contributed by atoms with Crippen molar-refractivity contribution in [2.45, 2.75) is 46.3 Å². The van der Waals surface area contributed by atoms with Crippen molar-refractivity contribution in [3.05, 3.63) is 63.6 Å². The molecule has 0 spiro atoms. The van der Waals surface area contributed by atoms with Crippen LogP contribution >= 0.6 is 23.2 Å². The van der Waals surface area contributed by atoms with E-state index in [0.717, 1.165) is 0 Å². The molecular formula is C23H26Cl2N2O4. The molecule has 2 rings (SSSR count). The van der Waals surface area contributed by atoms with Crippen LogP contribution < -0.4 is 10.6 Å². The normalized spacial score (nSPS) is 12.3. The first-order valence-corrected chi connectivity index (χ1v) is 10.5. The summed E-state index contributed by atoms with van der Waals surface area (Å²) in [5.74, 6) is -1.06. The van der Waals surface area contributed by atoms with E-state index in [1.54, 1.807) is 65.0 Å². The molecule has 2 N–H and O–H groups in total. The van der Waals surface area contributed by atoms with Crippen LogP contribution in [0.1, 0.15) is 50.5 Å². The Bertz CT molecular complexity index is 984. The van der Waals surface area contributed by atoms with Crippen LogP contribution in [0.3, 0.4) is 0 Å². The fourth-order valence-electron chi connectivity index (χ4n) is 2.78. The zero-order valence-corrected chi connectivity index (χ0v) is 19.6. The highest BCUT2D eigenvalue weighted by molar-refractivity contribution is 6.32. The van der Waals surface area contributed by atoms with Gasteiger partial charge in [0.2, 0.25) is 5.91 Å². The second-order valence-electron chi connectivity index (χ2n) is 8.39. The number of alkyl carbamates (subject to hydrolysis) is 1. The van der Waals surface area contributed by atoms with Gasteiger partial charge in [-0.2, -0.15) is 0 Å². The Hall–Kier alpha value is -2.57. The maximum Gasteiger partial charge on any atom is 0.408 e. The smallest absolute Gasteiger partial charge is 0.408 e. The molecular weight excluding hydrogens is 439 g/mol. The summed E-state index contributed by atoms with van der Waals surface area (Å²) in [5.41, 5.74) is 0.144. The first-order chi connectivity index (χ1) is 14.4. The van der Waals surface area contributed by atoms with Gasteiger partial charge in [-0.15, -0.1) is 0 Å². The summed E-state index contributed by atoms with van der Waals surface area (Å²) < 4.78 is 5.25. The number of nitrogens with one attached hydrogen (secondary N) is 2. The minimum Gasteiger partial charge on any atom is -0.444 e. The van der Waals surface area contributed by atoms with Gasteiger partial charge in [0.15, 0.2) is 5.78 Å². The van der Waals surface area contributed by atoms with Crippen molar-refractivity contribution < 1.29 is 19.1 Å². The van der Waals surface area contributed by atoms with Gasteiger partial charge in [-0.05, 0) is 57.0 Å². The molecule has 0 aliphatic carbocycles. The zero-order valence-electron chi connectivity index (χ0n) is 18.1. The molecule has 0 radical (unpaired) electrons. The molecule has 0 heterocycles. The Morgan fingerprint density at radius 1 is 0.968 bits per heavy atom. The molecule has 6 nitrogen and oxygen atoms in total. The van der Waals surface area contributed by atoms with E-state index in [9.17, 15) is 14.4 Å². The Labute approximate surface area is 192 Å². The lowest BCUT2D eigenvalue weighted by atomic mass is 10.00. The van der Waals surface area contributed by atoms with E-state index in [1.165, 1.54) is 12.1 Å². The molecule has 1 atom stereocenters. The number of rotatable bonds is 6. The van der Waals surface area contributed by atoms with Gasteiger partial charge >= 0.3 is 6.09 Å². The van der Waals surface area contributed by atoms with Crippen LogP contribution in [-0.4, -0.2) is 29.4 Å². The predicted molar refractivity (Wildman–Crippen MR) is 123 cm³/mol. The van der Waals surface area contributed by atoms with E-state index >= 15 is 0 Å². The molecule has 2 aromatic rings. The number of hydrogen-bond donors (Lipinski definition) is 2. The van der Waals surface area contributed by atoms with Crippen molar-refractivity contribution >= 4 is 46.7 Å². The lowest BCUT2D eigenvalue weighted by Gasteiger charge is -2.25. The molecule has 0 saturated heterocycles. The number of ether oxygens (including phenoxy) is 1. The standard InChI is InChI=1S/C23H26Cl2N2O4/c1-13(2)19(27-22(30)31-23(3,4)5)21(29)26-18-10-9-16(25)12-17(18)20(28)14-7-6-8-15(24)11-14/h6-13,19H,1-5H3,(H,26,29)(H,27,30). The lowest BCUT2D eigenvalue weighted by molar-refractivity contribution is -0.119. The van der Waals surface area contributed by atoms with Gasteiger partial charge in [0.05, 0.1) is 5.69 Å². The third-order valence-electron chi connectivity index (χ3n) is 4.19. The van der Waals surface area contributed by atoms with Gasteiger partial charge in [0.25, 0.3) is 0 Å². The number of carbonyl (C=O) groups is 3. The highest BCUT2D eigenvalue weighted by atomic mass is 35.5. The van der Waals surface area contributed by atoms with E-state index in [4.69, 9.17) is 27.9 Å². The molecule has 0 aliphatic rings. The first-order valence-electron chi connectivity index (χ1n) is 9.77. The van der Waals surface area contributed by atoms with Crippen molar-refractivity contribution in [2.24, 2.45) is 5.92 Å². The molecule has 0 fully saturated rings. The highest BCUT2D eigenvalue weighted by Crippen LogP contribution is 2.25. The third-order valence-corrected chi connectivity index (χ3v) is 4.66. The van der Waals surface area contributed by atoms with Crippen molar-refractivity contribution in [1.82, 2.24) is 5.32 Å². The zero-order chi connectivity index (χ0) is 23.3. The number of anilines is 1. The number of halogens is 2. The van der Waals surface area contributed by atoms with Crippen LogP contribution in [-0.2, 0) is 9.53 Å². The first kappa shape index (κ1) is 24.7. The summed E-state index contributed by atoms with van der Waals surface area (Å²) in [6.45, 7) is 8.79. The molecule has 2 amide bonds. The van der Waals surface area contributed by atoms with E-state index < -0.39 is 23.6 Å². The Morgan fingerprint density at radius 3 is 2.19 bits per heavy atom. The maximum atomic E-state index is 13.0. The van der Waals surface area contributed by atoms with Crippen molar-refractivity contribution in [3.8, 4) is 0 Å². The van der Waals surface area contributed by atoms with Crippen LogP contribution in [0.25, 0.3) is 0 Å². The fourth-order valence-corrected chi connectivity index (χ4v) is 3.14. The molecule has 166 valence electrons. The molecule has 1 unspecified atom stereocenters. The summed E-state index contributed by atoms with van der Waals surface area (Å²) in [5, 5.41) is 6.08. The molecule has 0 aromatic heterocycles. The minimum absolute atomic E-state index is 0.211. The number of benzene rings is 2. The molecule has 2 aromatic carbocycles. The average Bonchev–Trinajstić information content (AvgIpc) is 2.65. The van der Waals surface area contributed by atoms with Gasteiger partial charge in [0, 0.05) is 21.2 Å². The van der Waals surface area contributed by atoms with Gasteiger partial charge < -0.3 is 15.4 Å².